The van der Waals surface area contributed by atoms with Gasteiger partial charge >= 0.3 is 0 Å². The Morgan fingerprint density at radius 3 is 2.60 bits per heavy atom. The fraction of sp³-hybridized carbons (Fsp3) is 0.833. The fourth-order valence-electron chi connectivity index (χ4n) is 1.92. The van der Waals surface area contributed by atoms with Crippen molar-refractivity contribution in [3.8, 4) is 12.8 Å². The third-order valence-corrected chi connectivity index (χ3v) is 2.82. The summed E-state index contributed by atoms with van der Waals surface area (Å²) < 4.78 is 0. The minimum absolute atomic E-state index is 0.181. The Balaban J connectivity index is 0.000000921. The van der Waals surface area contributed by atoms with E-state index in [-0.39, 0.29) is 18.8 Å². The molecule has 1 saturated heterocycles. The highest BCUT2D eigenvalue weighted by Gasteiger charge is 2.25. The number of hydrogen-bond acceptors (Lipinski definition) is 3. The molecule has 0 spiro atoms. The van der Waals surface area contributed by atoms with Crippen molar-refractivity contribution in [1.82, 2.24) is 4.90 Å². The molecule has 0 amide bonds. The molecule has 0 aliphatic carbocycles. The van der Waals surface area contributed by atoms with Crippen LogP contribution in [0.5, 0.6) is 0 Å². The van der Waals surface area contributed by atoms with Crippen LogP contribution in [0.3, 0.4) is 0 Å². The van der Waals surface area contributed by atoms with E-state index < -0.39 is 0 Å². The number of aliphatic hydroxyl groups excluding tert-OH is 2. The molecule has 0 aromatic carbocycles. The lowest BCUT2D eigenvalue weighted by Gasteiger charge is -2.36. The molecule has 15 heavy (non-hydrogen) atoms. The highest BCUT2D eigenvalue weighted by atomic mass is 16.3. The lowest BCUT2D eigenvalue weighted by atomic mass is 10.00. The summed E-state index contributed by atoms with van der Waals surface area (Å²) in [5, 5.41) is 18.5. The van der Waals surface area contributed by atoms with Crippen LogP contribution in [0.15, 0.2) is 0 Å². The van der Waals surface area contributed by atoms with Crippen LogP contribution < -0.4 is 0 Å². The maximum atomic E-state index is 9.42. The number of piperidine rings is 1. The predicted octanol–water partition coefficient (Wildman–Crippen LogP) is 0.853. The molecule has 88 valence electrons. The highest BCUT2D eigenvalue weighted by molar-refractivity contribution is 4.80. The van der Waals surface area contributed by atoms with Crippen molar-refractivity contribution < 1.29 is 10.2 Å². The second-order valence-electron chi connectivity index (χ2n) is 3.90. The van der Waals surface area contributed by atoms with Gasteiger partial charge in [0.05, 0.1) is 12.7 Å². The van der Waals surface area contributed by atoms with Gasteiger partial charge in [-0.2, -0.15) is 0 Å². The number of aliphatic hydroxyl groups is 2. The van der Waals surface area contributed by atoms with E-state index in [0.29, 0.717) is 0 Å². The second-order valence-corrected chi connectivity index (χ2v) is 3.90. The minimum atomic E-state index is -0.199. The summed E-state index contributed by atoms with van der Waals surface area (Å²) >= 11 is 0. The summed E-state index contributed by atoms with van der Waals surface area (Å²) in [4.78, 5) is 2.30. The van der Waals surface area contributed by atoms with Crippen molar-refractivity contribution >= 4 is 0 Å². The molecule has 1 heterocycles. The third kappa shape index (κ3) is 5.17. The molecule has 1 aliphatic rings. The van der Waals surface area contributed by atoms with Crippen LogP contribution in [-0.2, 0) is 0 Å². The van der Waals surface area contributed by atoms with Crippen LogP contribution in [0.25, 0.3) is 0 Å². The summed E-state index contributed by atoms with van der Waals surface area (Å²) in [6.45, 7) is 4.36. The Morgan fingerprint density at radius 2 is 2.07 bits per heavy atom. The van der Waals surface area contributed by atoms with E-state index in [2.05, 4.69) is 24.7 Å². The zero-order valence-electron chi connectivity index (χ0n) is 9.60. The van der Waals surface area contributed by atoms with Gasteiger partial charge in [0, 0.05) is 12.6 Å². The summed E-state index contributed by atoms with van der Waals surface area (Å²) in [5.74, 6) is 0. The van der Waals surface area contributed by atoms with Gasteiger partial charge in [0.1, 0.15) is 0 Å². The molecule has 0 unspecified atom stereocenters. The normalized spacial score (nSPS) is 26.7. The molecule has 1 rings (SSSR count). The van der Waals surface area contributed by atoms with Crippen LogP contribution in [0.2, 0.25) is 0 Å². The Hall–Kier alpha value is -0.560. The van der Waals surface area contributed by atoms with E-state index in [4.69, 9.17) is 5.11 Å². The van der Waals surface area contributed by atoms with Crippen LogP contribution in [0.1, 0.15) is 32.6 Å². The molecule has 3 heteroatoms. The zero-order valence-corrected chi connectivity index (χ0v) is 9.60. The van der Waals surface area contributed by atoms with Crippen LogP contribution in [-0.4, -0.2) is 47.0 Å². The zero-order chi connectivity index (χ0) is 11.7. The monoisotopic (exact) mass is 213 g/mol. The first-order valence-electron chi connectivity index (χ1n) is 5.64. The molecule has 1 fully saturated rings. The standard InChI is InChI=1S/C10H21NO2.C2H2/c1-2-3-5-11-6-4-10(13)7-9(11)8-12;1-2/h9-10,12-13H,2-8H2,1H3;1-2H/t9-,10+;/m0./s1. The van der Waals surface area contributed by atoms with Gasteiger partial charge in [-0.25, -0.2) is 0 Å². The number of likely N-dealkylation sites (tertiary alicyclic amines) is 1. The predicted molar refractivity (Wildman–Crippen MR) is 62.5 cm³/mol. The lowest BCUT2D eigenvalue weighted by molar-refractivity contribution is 0.0166. The molecule has 0 aromatic rings. The Morgan fingerprint density at radius 1 is 1.40 bits per heavy atom. The topological polar surface area (TPSA) is 43.7 Å². The molecule has 0 radical (unpaired) electrons. The summed E-state index contributed by atoms with van der Waals surface area (Å²) in [6, 6.07) is 0.190. The first kappa shape index (κ1) is 14.4. The molecular weight excluding hydrogens is 190 g/mol. The number of unbranched alkanes of at least 4 members (excludes halogenated alkanes) is 1. The summed E-state index contributed by atoms with van der Waals surface area (Å²) in [6.07, 6.45) is 11.8. The van der Waals surface area contributed by atoms with Crippen LogP contribution in [0, 0.1) is 12.8 Å². The Bertz CT molecular complexity index is 168. The lowest BCUT2D eigenvalue weighted by Crippen LogP contribution is -2.46. The van der Waals surface area contributed by atoms with E-state index in [0.717, 1.165) is 25.9 Å². The average molecular weight is 213 g/mol. The largest absolute Gasteiger partial charge is 0.395 e. The van der Waals surface area contributed by atoms with Gasteiger partial charge in [-0.05, 0) is 25.8 Å². The fourth-order valence-corrected chi connectivity index (χ4v) is 1.92. The maximum Gasteiger partial charge on any atom is 0.0587 e. The van der Waals surface area contributed by atoms with E-state index in [1.54, 1.807) is 0 Å². The number of rotatable bonds is 4. The van der Waals surface area contributed by atoms with Crippen LogP contribution >= 0.6 is 0 Å². The van der Waals surface area contributed by atoms with Gasteiger partial charge in [0.2, 0.25) is 0 Å². The van der Waals surface area contributed by atoms with Crippen molar-refractivity contribution in [2.24, 2.45) is 0 Å². The first-order chi connectivity index (χ1) is 7.27. The second kappa shape index (κ2) is 8.72. The number of nitrogens with zero attached hydrogens (tertiary/aromatic N) is 1. The van der Waals surface area contributed by atoms with E-state index >= 15 is 0 Å². The average Bonchev–Trinajstić information content (AvgIpc) is 2.30. The Kier molecular flexibility index (Phi) is 8.40. The van der Waals surface area contributed by atoms with Gasteiger partial charge < -0.3 is 10.2 Å². The van der Waals surface area contributed by atoms with Gasteiger partial charge in [0.15, 0.2) is 0 Å². The smallest absolute Gasteiger partial charge is 0.0587 e. The minimum Gasteiger partial charge on any atom is -0.395 e. The van der Waals surface area contributed by atoms with Crippen molar-refractivity contribution in [3.63, 3.8) is 0 Å². The number of terminal acetylenes is 1. The summed E-state index contributed by atoms with van der Waals surface area (Å²) in [7, 11) is 0. The first-order valence-corrected chi connectivity index (χ1v) is 5.64. The Labute approximate surface area is 93.1 Å². The SMILES string of the molecule is C#C.CCCCN1CC[C@@H](O)C[C@H]1CO. The highest BCUT2D eigenvalue weighted by Crippen LogP contribution is 2.17. The maximum absolute atomic E-state index is 9.42. The van der Waals surface area contributed by atoms with Gasteiger partial charge in [-0.15, -0.1) is 12.8 Å². The van der Waals surface area contributed by atoms with E-state index in [9.17, 15) is 5.11 Å². The van der Waals surface area contributed by atoms with Gasteiger partial charge in [0.25, 0.3) is 0 Å². The van der Waals surface area contributed by atoms with Crippen molar-refractivity contribution in [3.05, 3.63) is 0 Å². The molecule has 2 atom stereocenters. The van der Waals surface area contributed by atoms with Gasteiger partial charge in [-0.3, -0.25) is 4.90 Å². The molecule has 3 nitrogen and oxygen atoms in total. The number of hydrogen-bond donors (Lipinski definition) is 2. The molecule has 0 saturated carbocycles. The third-order valence-electron chi connectivity index (χ3n) is 2.82. The van der Waals surface area contributed by atoms with Crippen molar-refractivity contribution in [2.75, 3.05) is 19.7 Å². The summed E-state index contributed by atoms with van der Waals surface area (Å²) in [5.41, 5.74) is 0. The molecule has 1 aliphatic heterocycles. The molecule has 0 aromatic heterocycles. The van der Waals surface area contributed by atoms with Gasteiger partial charge in [-0.1, -0.05) is 13.3 Å². The molecular formula is C12H23NO2. The van der Waals surface area contributed by atoms with Crippen molar-refractivity contribution in [2.45, 2.75) is 44.8 Å². The van der Waals surface area contributed by atoms with E-state index in [1.807, 2.05) is 0 Å². The van der Waals surface area contributed by atoms with E-state index in [1.165, 1.54) is 12.8 Å². The molecule has 2 N–H and O–H groups in total. The van der Waals surface area contributed by atoms with Crippen LogP contribution in [0.4, 0.5) is 0 Å². The van der Waals surface area contributed by atoms with Crippen molar-refractivity contribution in [1.29, 1.82) is 0 Å². The quantitative estimate of drug-likeness (QED) is 0.681. The molecule has 0 bridgehead atoms.